The van der Waals surface area contributed by atoms with Crippen LogP contribution >= 0.6 is 0 Å². The van der Waals surface area contributed by atoms with E-state index in [1.54, 1.807) is 18.2 Å². The van der Waals surface area contributed by atoms with E-state index in [9.17, 15) is 4.79 Å². The summed E-state index contributed by atoms with van der Waals surface area (Å²) < 4.78 is 10.7. The molecule has 7 nitrogen and oxygen atoms in total. The van der Waals surface area contributed by atoms with Gasteiger partial charge in [0.2, 0.25) is 5.54 Å². The van der Waals surface area contributed by atoms with Crippen molar-refractivity contribution in [1.82, 2.24) is 9.88 Å². The SMILES string of the molecule is COc1ccc(C2(c3ccccn3)N=C(N)N(C3CCOCC3)C2=O)cc1. The van der Waals surface area contributed by atoms with Gasteiger partial charge in [0.25, 0.3) is 5.91 Å². The van der Waals surface area contributed by atoms with Crippen molar-refractivity contribution in [2.45, 2.75) is 24.4 Å². The highest BCUT2D eigenvalue weighted by atomic mass is 16.5. The van der Waals surface area contributed by atoms with Gasteiger partial charge in [0, 0.05) is 25.5 Å². The average molecular weight is 366 g/mol. The minimum Gasteiger partial charge on any atom is -0.497 e. The van der Waals surface area contributed by atoms with Crippen LogP contribution in [0.4, 0.5) is 0 Å². The first-order chi connectivity index (χ1) is 13.2. The fourth-order valence-corrected chi connectivity index (χ4v) is 3.76. The molecule has 2 aliphatic rings. The topological polar surface area (TPSA) is 90.0 Å². The number of hydrogen-bond donors (Lipinski definition) is 1. The van der Waals surface area contributed by atoms with E-state index in [-0.39, 0.29) is 17.9 Å². The molecule has 1 aromatic heterocycles. The Morgan fingerprint density at radius 1 is 1.19 bits per heavy atom. The van der Waals surface area contributed by atoms with Crippen LogP contribution in [0.1, 0.15) is 24.1 Å². The molecule has 1 atom stereocenters. The van der Waals surface area contributed by atoms with E-state index in [1.807, 2.05) is 42.5 Å². The molecule has 0 aliphatic carbocycles. The van der Waals surface area contributed by atoms with Gasteiger partial charge < -0.3 is 15.2 Å². The monoisotopic (exact) mass is 366 g/mol. The van der Waals surface area contributed by atoms with E-state index >= 15 is 0 Å². The lowest BCUT2D eigenvalue weighted by Gasteiger charge is -2.33. The normalized spacial score (nSPS) is 23.4. The molecule has 3 heterocycles. The summed E-state index contributed by atoms with van der Waals surface area (Å²) in [6.07, 6.45) is 3.14. The van der Waals surface area contributed by atoms with Gasteiger partial charge in [-0.15, -0.1) is 0 Å². The zero-order chi connectivity index (χ0) is 18.9. The summed E-state index contributed by atoms with van der Waals surface area (Å²) in [5.74, 6) is 0.766. The zero-order valence-corrected chi connectivity index (χ0v) is 15.2. The second-order valence-corrected chi connectivity index (χ2v) is 6.64. The number of methoxy groups -OCH3 is 1. The van der Waals surface area contributed by atoms with Crippen LogP contribution in [0.5, 0.6) is 5.75 Å². The predicted molar refractivity (Wildman–Crippen MR) is 100 cm³/mol. The fraction of sp³-hybridized carbons (Fsp3) is 0.350. The number of ether oxygens (including phenoxy) is 2. The number of pyridine rings is 1. The number of nitrogens with zero attached hydrogens (tertiary/aromatic N) is 3. The smallest absolute Gasteiger partial charge is 0.268 e. The van der Waals surface area contributed by atoms with Crippen molar-refractivity contribution in [2.75, 3.05) is 20.3 Å². The molecule has 4 rings (SSSR count). The number of aromatic nitrogens is 1. The van der Waals surface area contributed by atoms with Crippen LogP contribution in [0.3, 0.4) is 0 Å². The molecule has 1 saturated heterocycles. The van der Waals surface area contributed by atoms with E-state index < -0.39 is 5.54 Å². The van der Waals surface area contributed by atoms with Gasteiger partial charge in [-0.3, -0.25) is 14.7 Å². The predicted octanol–water partition coefficient (Wildman–Crippen LogP) is 1.67. The number of carbonyl (C=O) groups is 1. The molecule has 2 aliphatic heterocycles. The van der Waals surface area contributed by atoms with Gasteiger partial charge in [0.15, 0.2) is 5.96 Å². The van der Waals surface area contributed by atoms with Crippen LogP contribution < -0.4 is 10.5 Å². The molecule has 2 N–H and O–H groups in total. The standard InChI is InChI=1S/C20H22N4O3/c1-26-16-7-5-14(6-8-16)20(17-4-2-3-11-22-17)18(25)24(19(21)23-20)15-9-12-27-13-10-15/h2-8,11,15H,9-10,12-13H2,1H3,(H2,21,23). The lowest BCUT2D eigenvalue weighted by Crippen LogP contribution is -2.50. The molecule has 1 fully saturated rings. The fourth-order valence-electron chi connectivity index (χ4n) is 3.76. The molecule has 1 unspecified atom stereocenters. The van der Waals surface area contributed by atoms with Crippen molar-refractivity contribution < 1.29 is 14.3 Å². The maximum Gasteiger partial charge on any atom is 0.268 e. The Balaban J connectivity index is 1.83. The molecule has 1 amide bonds. The third kappa shape index (κ3) is 2.84. The minimum absolute atomic E-state index is 0.0150. The number of benzene rings is 1. The molecule has 27 heavy (non-hydrogen) atoms. The molecular weight excluding hydrogens is 344 g/mol. The quantitative estimate of drug-likeness (QED) is 0.889. The molecule has 0 radical (unpaired) electrons. The molecular formula is C20H22N4O3. The highest BCUT2D eigenvalue weighted by Crippen LogP contribution is 2.40. The summed E-state index contributed by atoms with van der Waals surface area (Å²) in [4.78, 5) is 24.5. The molecule has 0 bridgehead atoms. The van der Waals surface area contributed by atoms with E-state index in [0.29, 0.717) is 30.2 Å². The van der Waals surface area contributed by atoms with Crippen LogP contribution in [0.15, 0.2) is 53.7 Å². The Labute approximate surface area is 157 Å². The summed E-state index contributed by atoms with van der Waals surface area (Å²) in [5.41, 5.74) is 6.25. The second-order valence-electron chi connectivity index (χ2n) is 6.64. The number of rotatable bonds is 4. The highest BCUT2D eigenvalue weighted by molar-refractivity contribution is 6.09. The van der Waals surface area contributed by atoms with Crippen molar-refractivity contribution >= 4 is 11.9 Å². The lowest BCUT2D eigenvalue weighted by molar-refractivity contribution is -0.133. The molecule has 140 valence electrons. The van der Waals surface area contributed by atoms with Gasteiger partial charge in [0.05, 0.1) is 12.8 Å². The minimum atomic E-state index is -1.28. The van der Waals surface area contributed by atoms with Gasteiger partial charge in [-0.05, 0) is 42.7 Å². The zero-order valence-electron chi connectivity index (χ0n) is 15.2. The van der Waals surface area contributed by atoms with E-state index in [1.165, 1.54) is 0 Å². The van der Waals surface area contributed by atoms with Crippen LogP contribution in [-0.2, 0) is 15.1 Å². The van der Waals surface area contributed by atoms with E-state index in [0.717, 1.165) is 12.8 Å². The van der Waals surface area contributed by atoms with E-state index in [4.69, 9.17) is 15.2 Å². The Bertz CT molecular complexity index is 847. The summed E-state index contributed by atoms with van der Waals surface area (Å²) in [7, 11) is 1.60. The van der Waals surface area contributed by atoms with Gasteiger partial charge in [-0.1, -0.05) is 18.2 Å². The molecule has 0 spiro atoms. The van der Waals surface area contributed by atoms with E-state index in [2.05, 4.69) is 9.98 Å². The van der Waals surface area contributed by atoms with Crippen molar-refractivity contribution in [3.63, 3.8) is 0 Å². The first-order valence-electron chi connectivity index (χ1n) is 8.99. The summed E-state index contributed by atoms with van der Waals surface area (Å²) in [6.45, 7) is 1.22. The molecule has 2 aromatic rings. The van der Waals surface area contributed by atoms with Crippen molar-refractivity contribution in [2.24, 2.45) is 10.7 Å². The average Bonchev–Trinajstić information content (AvgIpc) is 3.00. The van der Waals surface area contributed by atoms with Crippen LogP contribution in [0, 0.1) is 0 Å². The summed E-state index contributed by atoms with van der Waals surface area (Å²) in [5, 5.41) is 0. The van der Waals surface area contributed by atoms with Gasteiger partial charge in [-0.25, -0.2) is 4.99 Å². The van der Waals surface area contributed by atoms with Crippen molar-refractivity contribution in [1.29, 1.82) is 0 Å². The number of carbonyl (C=O) groups excluding carboxylic acids is 1. The number of amides is 1. The number of nitrogens with two attached hydrogens (primary N) is 1. The second kappa shape index (κ2) is 7.00. The summed E-state index contributed by atoms with van der Waals surface area (Å²) in [6, 6.07) is 12.8. The number of aliphatic imine (C=N–C) groups is 1. The highest BCUT2D eigenvalue weighted by Gasteiger charge is 2.53. The Hall–Kier alpha value is -2.93. The third-order valence-electron chi connectivity index (χ3n) is 5.16. The Kier molecular flexibility index (Phi) is 4.53. The van der Waals surface area contributed by atoms with Crippen molar-refractivity contribution in [3.05, 3.63) is 59.9 Å². The Morgan fingerprint density at radius 2 is 1.93 bits per heavy atom. The van der Waals surface area contributed by atoms with Crippen LogP contribution in [0.25, 0.3) is 0 Å². The van der Waals surface area contributed by atoms with Crippen LogP contribution in [0.2, 0.25) is 0 Å². The molecule has 0 saturated carbocycles. The molecule has 7 heteroatoms. The first kappa shape index (κ1) is 17.5. The van der Waals surface area contributed by atoms with Gasteiger partial charge in [-0.2, -0.15) is 0 Å². The van der Waals surface area contributed by atoms with Crippen molar-refractivity contribution in [3.8, 4) is 5.75 Å². The third-order valence-corrected chi connectivity index (χ3v) is 5.16. The number of guanidine groups is 1. The largest absolute Gasteiger partial charge is 0.497 e. The maximum atomic E-state index is 13.7. The summed E-state index contributed by atoms with van der Waals surface area (Å²) >= 11 is 0. The van der Waals surface area contributed by atoms with Gasteiger partial charge in [0.1, 0.15) is 5.75 Å². The Morgan fingerprint density at radius 3 is 2.56 bits per heavy atom. The van der Waals surface area contributed by atoms with Crippen LogP contribution in [-0.4, -0.2) is 48.1 Å². The maximum absolute atomic E-state index is 13.7. The lowest BCUT2D eigenvalue weighted by atomic mass is 9.85. The van der Waals surface area contributed by atoms with Gasteiger partial charge >= 0.3 is 0 Å². The first-order valence-corrected chi connectivity index (χ1v) is 8.99. The number of hydrogen-bond acceptors (Lipinski definition) is 6. The molecule has 1 aromatic carbocycles.